The van der Waals surface area contributed by atoms with Crippen molar-refractivity contribution in [1.82, 2.24) is 5.32 Å². The van der Waals surface area contributed by atoms with E-state index in [1.807, 2.05) is 24.3 Å². The summed E-state index contributed by atoms with van der Waals surface area (Å²) < 4.78 is 5.56. The van der Waals surface area contributed by atoms with Gasteiger partial charge in [-0.15, -0.1) is 0 Å². The lowest BCUT2D eigenvalue weighted by atomic mass is 9.73. The predicted octanol–water partition coefficient (Wildman–Crippen LogP) is 1.32. The number of ether oxygens (including phenoxy) is 1. The Morgan fingerprint density at radius 1 is 1.42 bits per heavy atom. The number of benzene rings is 1. The van der Waals surface area contributed by atoms with E-state index in [0.717, 1.165) is 5.56 Å². The van der Waals surface area contributed by atoms with Crippen LogP contribution in [0.2, 0.25) is 0 Å². The number of hydrogen-bond acceptors (Lipinski definition) is 3. The predicted molar refractivity (Wildman–Crippen MR) is 69.2 cm³/mol. The van der Waals surface area contributed by atoms with Gasteiger partial charge in [-0.3, -0.25) is 9.59 Å². The van der Waals surface area contributed by atoms with Gasteiger partial charge in [0.15, 0.2) is 0 Å². The molecule has 1 aliphatic rings. The van der Waals surface area contributed by atoms with E-state index in [-0.39, 0.29) is 12.3 Å². The molecule has 0 saturated heterocycles. The molecule has 5 heteroatoms. The summed E-state index contributed by atoms with van der Waals surface area (Å²) in [6.07, 6.45) is 0.560. The van der Waals surface area contributed by atoms with Gasteiger partial charge < -0.3 is 15.2 Å². The number of carbonyl (C=O) groups excluding carboxylic acids is 1. The molecular formula is C14H17NO4. The first kappa shape index (κ1) is 13.4. The van der Waals surface area contributed by atoms with Crippen LogP contribution in [0, 0.1) is 0 Å². The van der Waals surface area contributed by atoms with Crippen LogP contribution >= 0.6 is 0 Å². The van der Waals surface area contributed by atoms with E-state index >= 15 is 0 Å². The number of carbonyl (C=O) groups is 2. The average molecular weight is 263 g/mol. The maximum absolute atomic E-state index is 11.2. The molecule has 1 amide bonds. The van der Waals surface area contributed by atoms with Crippen molar-refractivity contribution in [1.29, 1.82) is 0 Å². The third kappa shape index (κ3) is 2.86. The van der Waals surface area contributed by atoms with Crippen molar-refractivity contribution in [3.05, 3.63) is 29.8 Å². The minimum atomic E-state index is -0.873. The normalized spacial score (nSPS) is 21.1. The molecule has 102 valence electrons. The largest absolute Gasteiger partial charge is 0.493 e. The maximum atomic E-state index is 11.2. The number of rotatable bonds is 4. The van der Waals surface area contributed by atoms with E-state index in [9.17, 15) is 9.59 Å². The second-order valence-electron chi connectivity index (χ2n) is 4.86. The molecule has 0 spiro atoms. The lowest BCUT2D eigenvalue weighted by Gasteiger charge is -2.37. The number of hydrogen-bond donors (Lipinski definition) is 2. The Labute approximate surface area is 111 Å². The number of carboxylic acid groups (broad SMARTS) is 1. The van der Waals surface area contributed by atoms with Gasteiger partial charge >= 0.3 is 5.97 Å². The van der Waals surface area contributed by atoms with Crippen molar-refractivity contribution >= 4 is 11.9 Å². The zero-order valence-electron chi connectivity index (χ0n) is 10.8. The van der Waals surface area contributed by atoms with Gasteiger partial charge in [-0.05, 0) is 12.5 Å². The van der Waals surface area contributed by atoms with Crippen LogP contribution in [0.25, 0.3) is 0 Å². The molecule has 0 saturated carbocycles. The van der Waals surface area contributed by atoms with Gasteiger partial charge in [-0.25, -0.2) is 0 Å². The summed E-state index contributed by atoms with van der Waals surface area (Å²) in [6.45, 7) is 2.21. The fourth-order valence-electron chi connectivity index (χ4n) is 2.53. The van der Waals surface area contributed by atoms with Crippen molar-refractivity contribution in [3.8, 4) is 5.75 Å². The van der Waals surface area contributed by atoms with Crippen LogP contribution in [0.4, 0.5) is 0 Å². The Morgan fingerprint density at radius 3 is 2.84 bits per heavy atom. The molecule has 1 aromatic rings. The summed E-state index contributed by atoms with van der Waals surface area (Å²) >= 11 is 0. The lowest BCUT2D eigenvalue weighted by Crippen LogP contribution is -2.44. The zero-order chi connectivity index (χ0) is 13.9. The van der Waals surface area contributed by atoms with E-state index in [4.69, 9.17) is 9.84 Å². The molecule has 1 aromatic carbocycles. The van der Waals surface area contributed by atoms with Crippen LogP contribution in [0.3, 0.4) is 0 Å². The molecule has 1 atom stereocenters. The van der Waals surface area contributed by atoms with Crippen LogP contribution in [0.1, 0.15) is 25.3 Å². The van der Waals surface area contributed by atoms with Crippen LogP contribution in [-0.2, 0) is 15.0 Å². The summed E-state index contributed by atoms with van der Waals surface area (Å²) in [4.78, 5) is 22.3. The topological polar surface area (TPSA) is 75.6 Å². The summed E-state index contributed by atoms with van der Waals surface area (Å²) in [7, 11) is 0. The number of fused-ring (bicyclic) bond motifs is 1. The summed E-state index contributed by atoms with van der Waals surface area (Å²) in [6, 6.07) is 7.42. The highest BCUT2D eigenvalue weighted by atomic mass is 16.5. The number of aliphatic carboxylic acids is 1. The molecule has 0 aliphatic carbocycles. The van der Waals surface area contributed by atoms with E-state index in [1.54, 1.807) is 0 Å². The standard InChI is InChI=1S/C14H17NO4/c1-10(16)15-9-14(8-13(17)18)6-7-19-12-5-3-2-4-11(12)14/h2-5H,6-9H2,1H3,(H,15,16)(H,17,18). The molecule has 19 heavy (non-hydrogen) atoms. The molecule has 1 aliphatic heterocycles. The molecule has 0 radical (unpaired) electrons. The van der Waals surface area contributed by atoms with Crippen molar-refractivity contribution in [2.75, 3.05) is 13.2 Å². The van der Waals surface area contributed by atoms with Crippen molar-refractivity contribution in [2.24, 2.45) is 0 Å². The SMILES string of the molecule is CC(=O)NCC1(CC(=O)O)CCOc2ccccc21. The third-order valence-electron chi connectivity index (χ3n) is 3.46. The van der Waals surface area contributed by atoms with Gasteiger partial charge in [0.25, 0.3) is 0 Å². The molecule has 2 rings (SSSR count). The Bertz CT molecular complexity index is 500. The first-order valence-corrected chi connectivity index (χ1v) is 6.22. The van der Waals surface area contributed by atoms with Crippen LogP contribution in [-0.4, -0.2) is 30.1 Å². The molecule has 1 unspecified atom stereocenters. The second-order valence-corrected chi connectivity index (χ2v) is 4.86. The maximum Gasteiger partial charge on any atom is 0.304 e. The van der Waals surface area contributed by atoms with Crippen molar-refractivity contribution in [2.45, 2.75) is 25.2 Å². The highest BCUT2D eigenvalue weighted by molar-refractivity contribution is 5.74. The number of nitrogens with one attached hydrogen (secondary N) is 1. The number of carboxylic acids is 1. The lowest BCUT2D eigenvalue weighted by molar-refractivity contribution is -0.139. The highest BCUT2D eigenvalue weighted by Gasteiger charge is 2.39. The van der Waals surface area contributed by atoms with Gasteiger partial charge in [-0.2, -0.15) is 0 Å². The monoisotopic (exact) mass is 263 g/mol. The fraction of sp³-hybridized carbons (Fsp3) is 0.429. The zero-order valence-corrected chi connectivity index (χ0v) is 10.8. The van der Waals surface area contributed by atoms with Gasteiger partial charge in [0, 0.05) is 24.4 Å². The Balaban J connectivity index is 2.37. The molecule has 5 nitrogen and oxygen atoms in total. The fourth-order valence-corrected chi connectivity index (χ4v) is 2.53. The van der Waals surface area contributed by atoms with E-state index in [1.165, 1.54) is 6.92 Å². The summed E-state index contributed by atoms with van der Waals surface area (Å²) in [5.41, 5.74) is 0.268. The number of amides is 1. The molecule has 0 bridgehead atoms. The molecule has 1 heterocycles. The third-order valence-corrected chi connectivity index (χ3v) is 3.46. The minimum Gasteiger partial charge on any atom is -0.493 e. The summed E-state index contributed by atoms with van der Waals surface area (Å²) in [5.74, 6) is -0.323. The van der Waals surface area contributed by atoms with Crippen LogP contribution < -0.4 is 10.1 Å². The van der Waals surface area contributed by atoms with Crippen LogP contribution in [0.5, 0.6) is 5.75 Å². The Morgan fingerprint density at radius 2 is 2.16 bits per heavy atom. The Hall–Kier alpha value is -2.04. The first-order valence-electron chi connectivity index (χ1n) is 6.22. The molecule has 0 fully saturated rings. The highest BCUT2D eigenvalue weighted by Crippen LogP contribution is 2.40. The van der Waals surface area contributed by atoms with Crippen molar-refractivity contribution < 1.29 is 19.4 Å². The first-order chi connectivity index (χ1) is 9.03. The average Bonchev–Trinajstić information content (AvgIpc) is 2.36. The molecule has 0 aromatic heterocycles. The number of para-hydroxylation sites is 1. The van der Waals surface area contributed by atoms with Gasteiger partial charge in [-0.1, -0.05) is 18.2 Å². The minimum absolute atomic E-state index is 0.0202. The molecular weight excluding hydrogens is 246 g/mol. The van der Waals surface area contributed by atoms with E-state index in [0.29, 0.717) is 25.3 Å². The molecule has 2 N–H and O–H groups in total. The van der Waals surface area contributed by atoms with E-state index in [2.05, 4.69) is 5.32 Å². The van der Waals surface area contributed by atoms with Gasteiger partial charge in [0.1, 0.15) is 5.75 Å². The summed E-state index contributed by atoms with van der Waals surface area (Å²) in [5, 5.41) is 11.9. The van der Waals surface area contributed by atoms with Crippen LogP contribution in [0.15, 0.2) is 24.3 Å². The van der Waals surface area contributed by atoms with Gasteiger partial charge in [0.05, 0.1) is 13.0 Å². The quantitative estimate of drug-likeness (QED) is 0.859. The van der Waals surface area contributed by atoms with Crippen molar-refractivity contribution in [3.63, 3.8) is 0 Å². The second kappa shape index (κ2) is 5.30. The van der Waals surface area contributed by atoms with E-state index < -0.39 is 11.4 Å². The smallest absolute Gasteiger partial charge is 0.304 e. The Kier molecular flexibility index (Phi) is 3.74. The van der Waals surface area contributed by atoms with Gasteiger partial charge in [0.2, 0.25) is 5.91 Å².